The Balaban J connectivity index is 1.82. The highest BCUT2D eigenvalue weighted by molar-refractivity contribution is 6.21. The largest absolute Gasteiger partial charge is 0.494 e. The van der Waals surface area contributed by atoms with E-state index in [1.165, 1.54) is 12.1 Å². The minimum Gasteiger partial charge on any atom is -0.494 e. The number of rotatable bonds is 8. The standard InChI is InChI=1S/C28H28FN3O3/c1-3-28(2,30)19-9-12-21(13-10-19)31-26(18-7-4-17(5-8-18)6-15-24(33)34)25-22-14-11-20(29)16-23(22)32-27(25)35/h4-5,7-14,16,32,35H,3,6,15,30H2,1-2H3,(H,33,34). The number of halogens is 1. The van der Waals surface area contributed by atoms with Crippen LogP contribution in [-0.4, -0.2) is 26.9 Å². The topological polar surface area (TPSA) is 112 Å². The molecule has 0 saturated heterocycles. The number of aromatic nitrogens is 1. The van der Waals surface area contributed by atoms with Crippen LogP contribution in [0.1, 0.15) is 48.9 Å². The zero-order valence-electron chi connectivity index (χ0n) is 19.7. The second kappa shape index (κ2) is 9.72. The molecule has 0 aliphatic carbocycles. The fraction of sp³-hybridized carbons (Fsp3) is 0.214. The SMILES string of the molecule is CCC(C)(N)c1ccc(N=C(c2ccc(CCC(=O)O)cc2)c2c(O)[nH]c3cc(F)ccc23)cc1. The third-order valence-electron chi connectivity index (χ3n) is 6.33. The van der Waals surface area contributed by atoms with E-state index in [0.29, 0.717) is 34.3 Å². The minimum absolute atomic E-state index is 0.0409. The van der Waals surface area contributed by atoms with Gasteiger partial charge < -0.3 is 20.9 Å². The monoisotopic (exact) mass is 473 g/mol. The first-order valence-corrected chi connectivity index (χ1v) is 11.5. The molecule has 0 radical (unpaired) electrons. The minimum atomic E-state index is -0.854. The van der Waals surface area contributed by atoms with Crippen LogP contribution < -0.4 is 5.73 Å². The molecule has 1 heterocycles. The number of hydrogen-bond donors (Lipinski definition) is 4. The Bertz CT molecular complexity index is 1390. The van der Waals surface area contributed by atoms with E-state index in [1.807, 2.05) is 62.4 Å². The molecule has 7 heteroatoms. The predicted octanol–water partition coefficient (Wildman–Crippen LogP) is 5.78. The Morgan fingerprint density at radius 2 is 1.77 bits per heavy atom. The Hall–Kier alpha value is -3.97. The number of aliphatic imine (C=N–C) groups is 1. The highest BCUT2D eigenvalue weighted by atomic mass is 19.1. The van der Waals surface area contributed by atoms with Crippen LogP contribution >= 0.6 is 0 Å². The number of aromatic amines is 1. The summed E-state index contributed by atoms with van der Waals surface area (Å²) in [5.74, 6) is -1.38. The number of carboxylic acids is 1. The van der Waals surface area contributed by atoms with E-state index in [1.54, 1.807) is 6.07 Å². The van der Waals surface area contributed by atoms with Gasteiger partial charge in [-0.05, 0) is 61.2 Å². The van der Waals surface area contributed by atoms with Gasteiger partial charge in [0.05, 0.1) is 22.5 Å². The number of aryl methyl sites for hydroxylation is 1. The lowest BCUT2D eigenvalue weighted by Crippen LogP contribution is -2.31. The van der Waals surface area contributed by atoms with Crippen LogP contribution in [0.4, 0.5) is 10.1 Å². The summed E-state index contributed by atoms with van der Waals surface area (Å²) in [6.45, 7) is 4.01. The van der Waals surface area contributed by atoms with Gasteiger partial charge in [0.1, 0.15) is 5.82 Å². The van der Waals surface area contributed by atoms with Crippen molar-refractivity contribution in [3.8, 4) is 5.88 Å². The number of fused-ring (bicyclic) bond motifs is 1. The smallest absolute Gasteiger partial charge is 0.303 e. The number of benzene rings is 3. The number of nitrogens with zero attached hydrogens (tertiary/aromatic N) is 1. The third-order valence-corrected chi connectivity index (χ3v) is 6.33. The van der Waals surface area contributed by atoms with Gasteiger partial charge in [0.15, 0.2) is 5.88 Å². The van der Waals surface area contributed by atoms with Crippen molar-refractivity contribution in [3.63, 3.8) is 0 Å². The molecule has 1 aromatic heterocycles. The van der Waals surface area contributed by atoms with Crippen molar-refractivity contribution in [2.75, 3.05) is 0 Å². The highest BCUT2D eigenvalue weighted by Gasteiger charge is 2.20. The lowest BCUT2D eigenvalue weighted by Gasteiger charge is -2.23. The number of carbonyl (C=O) groups is 1. The molecule has 1 unspecified atom stereocenters. The number of H-pyrrole nitrogens is 1. The first-order chi connectivity index (χ1) is 16.7. The van der Waals surface area contributed by atoms with E-state index in [2.05, 4.69) is 4.98 Å². The predicted molar refractivity (Wildman–Crippen MR) is 136 cm³/mol. The molecule has 0 aliphatic heterocycles. The van der Waals surface area contributed by atoms with Gasteiger partial charge in [-0.15, -0.1) is 0 Å². The van der Waals surface area contributed by atoms with Crippen LogP contribution in [0.3, 0.4) is 0 Å². The van der Waals surface area contributed by atoms with E-state index in [9.17, 15) is 14.3 Å². The van der Waals surface area contributed by atoms with Gasteiger partial charge in [0.2, 0.25) is 0 Å². The number of aliphatic carboxylic acids is 1. The second-order valence-corrected chi connectivity index (χ2v) is 8.91. The van der Waals surface area contributed by atoms with E-state index in [4.69, 9.17) is 15.8 Å². The van der Waals surface area contributed by atoms with Crippen molar-refractivity contribution in [1.82, 2.24) is 4.98 Å². The maximum absolute atomic E-state index is 13.8. The summed E-state index contributed by atoms with van der Waals surface area (Å²) >= 11 is 0. The Morgan fingerprint density at radius 3 is 2.40 bits per heavy atom. The van der Waals surface area contributed by atoms with Crippen LogP contribution in [0, 0.1) is 5.82 Å². The molecule has 3 aromatic carbocycles. The second-order valence-electron chi connectivity index (χ2n) is 8.91. The Kier molecular flexibility index (Phi) is 6.71. The summed E-state index contributed by atoms with van der Waals surface area (Å²) in [4.78, 5) is 18.6. The highest BCUT2D eigenvalue weighted by Crippen LogP contribution is 2.32. The summed E-state index contributed by atoms with van der Waals surface area (Å²) in [6.07, 6.45) is 1.24. The molecule has 0 aliphatic rings. The normalized spacial score (nSPS) is 13.7. The Morgan fingerprint density at radius 1 is 1.09 bits per heavy atom. The van der Waals surface area contributed by atoms with Gasteiger partial charge in [0.25, 0.3) is 0 Å². The molecule has 0 fully saturated rings. The molecule has 0 bridgehead atoms. The van der Waals surface area contributed by atoms with E-state index >= 15 is 0 Å². The molecule has 4 aromatic rings. The molecule has 180 valence electrons. The van der Waals surface area contributed by atoms with Crippen molar-refractivity contribution in [3.05, 3.63) is 94.8 Å². The summed E-state index contributed by atoms with van der Waals surface area (Å²) in [7, 11) is 0. The van der Waals surface area contributed by atoms with Gasteiger partial charge in [0, 0.05) is 22.9 Å². The lowest BCUT2D eigenvalue weighted by atomic mass is 9.90. The quantitative estimate of drug-likeness (QED) is 0.243. The van der Waals surface area contributed by atoms with E-state index in [-0.39, 0.29) is 12.3 Å². The van der Waals surface area contributed by atoms with Crippen molar-refractivity contribution < 1.29 is 19.4 Å². The van der Waals surface area contributed by atoms with Gasteiger partial charge in [-0.25, -0.2) is 9.38 Å². The third kappa shape index (κ3) is 5.25. The fourth-order valence-electron chi connectivity index (χ4n) is 3.99. The van der Waals surface area contributed by atoms with Crippen LogP contribution in [0.5, 0.6) is 5.88 Å². The van der Waals surface area contributed by atoms with E-state index < -0.39 is 17.3 Å². The van der Waals surface area contributed by atoms with Crippen LogP contribution in [-0.2, 0) is 16.8 Å². The fourth-order valence-corrected chi connectivity index (χ4v) is 3.99. The maximum atomic E-state index is 13.8. The van der Waals surface area contributed by atoms with E-state index in [0.717, 1.165) is 23.1 Å². The van der Waals surface area contributed by atoms with Gasteiger partial charge >= 0.3 is 5.97 Å². The first-order valence-electron chi connectivity index (χ1n) is 11.5. The molecule has 5 N–H and O–H groups in total. The van der Waals surface area contributed by atoms with Crippen molar-refractivity contribution in [2.24, 2.45) is 10.7 Å². The number of nitrogens with two attached hydrogens (primary N) is 1. The zero-order valence-corrected chi connectivity index (χ0v) is 19.7. The average Bonchev–Trinajstić information content (AvgIpc) is 3.16. The molecular weight excluding hydrogens is 445 g/mol. The molecule has 4 rings (SSSR count). The molecule has 0 saturated carbocycles. The Labute approximate surface area is 203 Å². The summed E-state index contributed by atoms with van der Waals surface area (Å²) in [6, 6.07) is 19.3. The van der Waals surface area contributed by atoms with Crippen molar-refractivity contribution in [1.29, 1.82) is 0 Å². The first kappa shape index (κ1) is 24.2. The number of aromatic hydroxyl groups is 1. The zero-order chi connectivity index (χ0) is 25.2. The van der Waals surface area contributed by atoms with Gasteiger partial charge in [-0.3, -0.25) is 4.79 Å². The van der Waals surface area contributed by atoms with Crippen LogP contribution in [0.15, 0.2) is 71.7 Å². The van der Waals surface area contributed by atoms with Gasteiger partial charge in [-0.1, -0.05) is 43.3 Å². The lowest BCUT2D eigenvalue weighted by molar-refractivity contribution is -0.136. The number of carboxylic acid groups (broad SMARTS) is 1. The molecule has 0 amide bonds. The number of hydrogen-bond acceptors (Lipinski definition) is 4. The number of nitrogens with one attached hydrogen (secondary N) is 1. The van der Waals surface area contributed by atoms with Crippen LogP contribution in [0.2, 0.25) is 0 Å². The summed E-state index contributed by atoms with van der Waals surface area (Å²) in [5, 5.41) is 20.4. The molecule has 1 atom stereocenters. The summed E-state index contributed by atoms with van der Waals surface area (Å²) < 4.78 is 13.8. The van der Waals surface area contributed by atoms with Crippen LogP contribution in [0.25, 0.3) is 10.9 Å². The van der Waals surface area contributed by atoms with Gasteiger partial charge in [-0.2, -0.15) is 0 Å². The van der Waals surface area contributed by atoms with Crippen molar-refractivity contribution >= 4 is 28.3 Å². The van der Waals surface area contributed by atoms with Crippen molar-refractivity contribution in [2.45, 2.75) is 38.6 Å². The molecular formula is C28H28FN3O3. The molecule has 0 spiro atoms. The average molecular weight is 474 g/mol. The molecule has 6 nitrogen and oxygen atoms in total. The summed E-state index contributed by atoms with van der Waals surface area (Å²) in [5.41, 5.74) is 10.6. The maximum Gasteiger partial charge on any atom is 0.303 e. The molecule has 35 heavy (non-hydrogen) atoms.